The second-order valence-electron chi connectivity index (χ2n) is 9.68. The molecule has 0 amide bonds. The van der Waals surface area contributed by atoms with Crippen LogP contribution in [0.25, 0.3) is 16.8 Å². The molecule has 2 heterocycles. The number of ether oxygens (including phenoxy) is 2. The number of nitrogens with zero attached hydrogens (tertiary/aromatic N) is 2. The Morgan fingerprint density at radius 3 is 2.50 bits per heavy atom. The van der Waals surface area contributed by atoms with Crippen LogP contribution in [0.4, 0.5) is 23.2 Å². The number of esters is 1. The third-order valence-corrected chi connectivity index (χ3v) is 8.49. The zero-order valence-electron chi connectivity index (χ0n) is 22.0. The monoisotopic (exact) mass is 669 g/mol. The molecule has 0 spiro atoms. The van der Waals surface area contributed by atoms with E-state index in [2.05, 4.69) is 30.5 Å². The minimum absolute atomic E-state index is 0.0560. The highest BCUT2D eigenvalue weighted by Crippen LogP contribution is 2.45. The molecule has 0 unspecified atom stereocenters. The Labute approximate surface area is 246 Å². The van der Waals surface area contributed by atoms with E-state index in [9.17, 15) is 30.8 Å². The molecule has 0 bridgehead atoms. The van der Waals surface area contributed by atoms with Gasteiger partial charge in [0.05, 0.1) is 34.2 Å². The summed E-state index contributed by atoms with van der Waals surface area (Å²) in [5.74, 6) is -1.92. The van der Waals surface area contributed by atoms with E-state index in [1.807, 2.05) is 0 Å². The van der Waals surface area contributed by atoms with Crippen molar-refractivity contribution in [1.82, 2.24) is 9.61 Å². The zero-order valence-corrected chi connectivity index (χ0v) is 24.4. The lowest BCUT2D eigenvalue weighted by Gasteiger charge is -2.14. The summed E-state index contributed by atoms with van der Waals surface area (Å²) in [5, 5.41) is 4.52. The number of aryl methyl sites for hydroxylation is 1. The summed E-state index contributed by atoms with van der Waals surface area (Å²) in [6, 6.07) is 11.1. The van der Waals surface area contributed by atoms with Crippen LogP contribution in [-0.2, 0) is 21.2 Å². The zero-order chi connectivity index (χ0) is 30.2. The van der Waals surface area contributed by atoms with Crippen LogP contribution in [0.1, 0.15) is 47.2 Å². The Hall–Kier alpha value is -3.65. The molecule has 0 saturated heterocycles. The number of anilines is 1. The summed E-state index contributed by atoms with van der Waals surface area (Å²) in [5.41, 5.74) is 2.58. The Morgan fingerprint density at radius 2 is 1.86 bits per heavy atom. The maximum absolute atomic E-state index is 13.6. The number of rotatable bonds is 10. The number of fused-ring (bicyclic) bond motifs is 1. The van der Waals surface area contributed by atoms with E-state index in [1.54, 1.807) is 13.0 Å². The first-order chi connectivity index (χ1) is 19.8. The van der Waals surface area contributed by atoms with E-state index in [0.717, 1.165) is 18.9 Å². The summed E-state index contributed by atoms with van der Waals surface area (Å²) < 4.78 is 91.3. The topological polar surface area (TPSA) is 99.0 Å². The SMILES string of the molecule is CCOC(=O)c1c(-c2ccc(F)cc2)nn2cc(NS(=O)(=O)CCc3ccc(Br)c(OC(F)(F)F)c3)c(C3CC3)cc12. The van der Waals surface area contributed by atoms with Crippen molar-refractivity contribution in [3.05, 3.63) is 81.7 Å². The van der Waals surface area contributed by atoms with Crippen LogP contribution in [0, 0.1) is 5.82 Å². The molecule has 42 heavy (non-hydrogen) atoms. The summed E-state index contributed by atoms with van der Waals surface area (Å²) in [4.78, 5) is 13.0. The molecule has 1 saturated carbocycles. The van der Waals surface area contributed by atoms with E-state index >= 15 is 0 Å². The molecule has 14 heteroatoms. The van der Waals surface area contributed by atoms with Crippen molar-refractivity contribution in [3.63, 3.8) is 0 Å². The van der Waals surface area contributed by atoms with Gasteiger partial charge in [0, 0.05) is 5.56 Å². The molecular weight excluding hydrogens is 646 g/mol. The summed E-state index contributed by atoms with van der Waals surface area (Å²) in [6.07, 6.45) is -1.87. The van der Waals surface area contributed by atoms with E-state index in [1.165, 1.54) is 47.1 Å². The van der Waals surface area contributed by atoms with Crippen molar-refractivity contribution >= 4 is 43.1 Å². The molecule has 2 aromatic heterocycles. The van der Waals surface area contributed by atoms with Crippen molar-refractivity contribution in [3.8, 4) is 17.0 Å². The van der Waals surface area contributed by atoms with Crippen molar-refractivity contribution in [2.75, 3.05) is 17.1 Å². The fourth-order valence-corrected chi connectivity index (χ4v) is 5.95. The van der Waals surface area contributed by atoms with Crippen LogP contribution < -0.4 is 9.46 Å². The van der Waals surface area contributed by atoms with Crippen molar-refractivity contribution < 1.29 is 40.2 Å². The summed E-state index contributed by atoms with van der Waals surface area (Å²) in [7, 11) is -3.97. The van der Waals surface area contributed by atoms with Crippen molar-refractivity contribution in [2.45, 2.75) is 38.5 Å². The maximum Gasteiger partial charge on any atom is 0.573 e. The molecule has 1 N–H and O–H groups in total. The summed E-state index contributed by atoms with van der Waals surface area (Å²) in [6.45, 7) is 1.79. The molecule has 0 aliphatic heterocycles. The fraction of sp³-hybridized carbons (Fsp3) is 0.286. The second-order valence-corrected chi connectivity index (χ2v) is 12.4. The number of halogens is 5. The molecule has 1 fully saturated rings. The molecule has 0 atom stereocenters. The van der Waals surface area contributed by atoms with Gasteiger partial charge in [-0.3, -0.25) is 4.72 Å². The number of hydrogen-bond acceptors (Lipinski definition) is 6. The first kappa shape index (κ1) is 29.8. The molecular formula is C28H24BrF4N3O5S. The van der Waals surface area contributed by atoms with Gasteiger partial charge >= 0.3 is 12.3 Å². The third-order valence-electron chi connectivity index (χ3n) is 6.56. The lowest BCUT2D eigenvalue weighted by Crippen LogP contribution is -2.20. The third kappa shape index (κ3) is 6.86. The Bertz CT molecular complexity index is 1750. The predicted octanol–water partition coefficient (Wildman–Crippen LogP) is 6.84. The molecule has 1 aliphatic rings. The summed E-state index contributed by atoms with van der Waals surface area (Å²) >= 11 is 3.00. The molecule has 0 radical (unpaired) electrons. The van der Waals surface area contributed by atoms with Gasteiger partial charge in [-0.15, -0.1) is 13.2 Å². The van der Waals surface area contributed by atoms with Crippen molar-refractivity contribution in [1.29, 1.82) is 0 Å². The van der Waals surface area contributed by atoms with Crippen LogP contribution in [-0.4, -0.2) is 42.7 Å². The van der Waals surface area contributed by atoms with E-state index in [4.69, 9.17) is 4.74 Å². The molecule has 4 aromatic rings. The van der Waals surface area contributed by atoms with Crippen molar-refractivity contribution in [2.24, 2.45) is 0 Å². The van der Waals surface area contributed by atoms with Gasteiger partial charge in [0.25, 0.3) is 0 Å². The Kier molecular flexibility index (Phi) is 8.21. The van der Waals surface area contributed by atoms with Gasteiger partial charge in [-0.2, -0.15) is 5.10 Å². The average Bonchev–Trinajstić information content (AvgIpc) is 3.69. The van der Waals surface area contributed by atoms with Gasteiger partial charge < -0.3 is 9.47 Å². The Morgan fingerprint density at radius 1 is 1.14 bits per heavy atom. The van der Waals surface area contributed by atoms with Crippen LogP contribution >= 0.6 is 15.9 Å². The van der Waals surface area contributed by atoms with E-state index in [0.29, 0.717) is 22.2 Å². The lowest BCUT2D eigenvalue weighted by atomic mass is 10.0. The highest BCUT2D eigenvalue weighted by molar-refractivity contribution is 9.10. The predicted molar refractivity (Wildman–Crippen MR) is 150 cm³/mol. The number of benzene rings is 2. The number of carbonyl (C=O) groups is 1. The lowest BCUT2D eigenvalue weighted by molar-refractivity contribution is -0.274. The van der Waals surface area contributed by atoms with E-state index in [-0.39, 0.29) is 40.4 Å². The number of pyridine rings is 1. The first-order valence-electron chi connectivity index (χ1n) is 12.9. The molecule has 8 nitrogen and oxygen atoms in total. The smallest absolute Gasteiger partial charge is 0.462 e. The van der Waals surface area contributed by atoms with Gasteiger partial charge in [-0.05, 0) is 102 Å². The minimum Gasteiger partial charge on any atom is -0.462 e. The van der Waals surface area contributed by atoms with Crippen LogP contribution in [0.5, 0.6) is 5.75 Å². The van der Waals surface area contributed by atoms with Crippen LogP contribution in [0.15, 0.2) is 59.2 Å². The average molecular weight is 670 g/mol. The maximum atomic E-state index is 13.6. The highest BCUT2D eigenvalue weighted by Gasteiger charge is 2.33. The van der Waals surface area contributed by atoms with Gasteiger partial charge in [-0.25, -0.2) is 22.1 Å². The number of hydrogen-bond donors (Lipinski definition) is 1. The van der Waals surface area contributed by atoms with Gasteiger partial charge in [0.2, 0.25) is 10.0 Å². The van der Waals surface area contributed by atoms with Crippen LogP contribution in [0.3, 0.4) is 0 Å². The number of nitrogens with one attached hydrogen (secondary N) is 1. The number of sulfonamides is 1. The van der Waals surface area contributed by atoms with Gasteiger partial charge in [0.15, 0.2) is 0 Å². The number of alkyl halides is 3. The number of carbonyl (C=O) groups excluding carboxylic acids is 1. The normalized spacial score (nSPS) is 13.8. The number of aromatic nitrogens is 2. The fourth-order valence-electron chi connectivity index (χ4n) is 4.51. The second kappa shape index (κ2) is 11.6. The largest absolute Gasteiger partial charge is 0.573 e. The van der Waals surface area contributed by atoms with Gasteiger partial charge in [-0.1, -0.05) is 6.07 Å². The molecule has 5 rings (SSSR count). The van der Waals surface area contributed by atoms with Crippen LogP contribution in [0.2, 0.25) is 0 Å². The Balaban J connectivity index is 1.47. The molecule has 1 aliphatic carbocycles. The quantitative estimate of drug-likeness (QED) is 0.147. The standard InChI is InChI=1S/C28H24BrF4N3O5S/c1-2-40-27(37)25-23-14-20(17-4-5-17)22(15-36(23)34-26(25)18-6-8-19(30)9-7-18)35-42(38,39)12-11-16-3-10-21(29)24(13-16)41-28(31,32)33/h3,6-10,13-15,17,35H,2,4-5,11-12H2,1H3. The molecule has 222 valence electrons. The minimum atomic E-state index is -4.90. The first-order valence-corrected chi connectivity index (χ1v) is 15.3. The molecule has 2 aromatic carbocycles. The van der Waals surface area contributed by atoms with E-state index < -0.39 is 39.7 Å². The highest BCUT2D eigenvalue weighted by atomic mass is 79.9. The van der Waals surface area contributed by atoms with Gasteiger partial charge in [0.1, 0.15) is 22.8 Å².